The summed E-state index contributed by atoms with van der Waals surface area (Å²) in [5.74, 6) is 0.337. The van der Waals surface area contributed by atoms with E-state index in [1.54, 1.807) is 42.5 Å². The number of rotatable bonds is 4. The third kappa shape index (κ3) is 2.89. The van der Waals surface area contributed by atoms with Gasteiger partial charge in [-0.05, 0) is 26.2 Å². The number of halogens is 1. The molecule has 0 bridgehead atoms. The zero-order valence-electron chi connectivity index (χ0n) is 14.4. The number of hydrogen-bond donors (Lipinski definition) is 0. The first-order chi connectivity index (χ1) is 12.1. The summed E-state index contributed by atoms with van der Waals surface area (Å²) in [6.07, 6.45) is 0. The van der Waals surface area contributed by atoms with E-state index in [0.29, 0.717) is 40.0 Å². The number of ether oxygens (including phenoxy) is 1. The topological polar surface area (TPSA) is 59.8 Å². The van der Waals surface area contributed by atoms with Gasteiger partial charge in [0.25, 0.3) is 0 Å². The molecule has 0 fully saturated rings. The first kappa shape index (κ1) is 18.2. The minimum Gasteiger partial charge on any atom is -0.492 e. The summed E-state index contributed by atoms with van der Waals surface area (Å²) in [7, 11) is 3.95. The average molecular weight is 372 g/mol. The van der Waals surface area contributed by atoms with Crippen LogP contribution in [0.4, 0.5) is 0 Å². The summed E-state index contributed by atoms with van der Waals surface area (Å²) < 4.78 is 11.4. The Morgan fingerprint density at radius 1 is 1.00 bits per heavy atom. The fraction of sp³-hybridized carbons (Fsp3) is 0.200. The highest BCUT2D eigenvalue weighted by Crippen LogP contribution is 2.36. The molecule has 1 aliphatic rings. The zero-order valence-corrected chi connectivity index (χ0v) is 15.3. The quantitative estimate of drug-likeness (QED) is 0.549. The van der Waals surface area contributed by atoms with Crippen LogP contribution in [0.5, 0.6) is 5.75 Å². The smallest absolute Gasteiger partial charge is 0.229 e. The summed E-state index contributed by atoms with van der Waals surface area (Å²) in [6.45, 7) is 1.33. The van der Waals surface area contributed by atoms with Crippen LogP contribution in [0.2, 0.25) is 0 Å². The monoisotopic (exact) mass is 371 g/mol. The predicted octanol–water partition coefficient (Wildman–Crippen LogP) is 3.57. The van der Waals surface area contributed by atoms with Gasteiger partial charge in [-0.25, -0.2) is 0 Å². The maximum absolute atomic E-state index is 12.8. The van der Waals surface area contributed by atoms with Gasteiger partial charge in [0.15, 0.2) is 11.5 Å². The minimum atomic E-state index is -0.253. The van der Waals surface area contributed by atoms with E-state index in [0.717, 1.165) is 6.54 Å². The lowest BCUT2D eigenvalue weighted by Crippen LogP contribution is -2.19. The van der Waals surface area contributed by atoms with Crippen molar-refractivity contribution in [3.8, 4) is 5.75 Å². The summed E-state index contributed by atoms with van der Waals surface area (Å²) in [5, 5.41) is 0.641. The van der Waals surface area contributed by atoms with Crippen molar-refractivity contribution in [2.75, 3.05) is 27.2 Å². The first-order valence-corrected chi connectivity index (χ1v) is 8.09. The van der Waals surface area contributed by atoms with E-state index >= 15 is 0 Å². The molecule has 0 radical (unpaired) electrons. The van der Waals surface area contributed by atoms with Crippen LogP contribution in [0.1, 0.15) is 32.0 Å². The van der Waals surface area contributed by atoms with E-state index in [1.807, 2.05) is 19.0 Å². The Hall–Kier alpha value is -2.63. The molecule has 0 amide bonds. The number of carbonyl (C=O) groups excluding carboxylic acids is 2. The van der Waals surface area contributed by atoms with Crippen LogP contribution < -0.4 is 4.74 Å². The highest BCUT2D eigenvalue weighted by atomic mass is 35.5. The SMILES string of the molecule is CN(C)CCOc1ccc2c3c(oc2c1)C(=O)c1ccccc1C3=O.Cl. The van der Waals surface area contributed by atoms with Gasteiger partial charge in [-0.1, -0.05) is 24.3 Å². The molecule has 0 saturated heterocycles. The number of ketones is 2. The van der Waals surface area contributed by atoms with Gasteiger partial charge in [-0.2, -0.15) is 0 Å². The Morgan fingerprint density at radius 3 is 2.38 bits per heavy atom. The fourth-order valence-corrected chi connectivity index (χ4v) is 3.03. The molecule has 0 unspecified atom stereocenters. The molecule has 1 heterocycles. The normalized spacial score (nSPS) is 12.7. The molecule has 5 nitrogen and oxygen atoms in total. The van der Waals surface area contributed by atoms with Gasteiger partial charge in [0.2, 0.25) is 5.78 Å². The highest BCUT2D eigenvalue weighted by Gasteiger charge is 2.34. The second-order valence-corrected chi connectivity index (χ2v) is 6.32. The van der Waals surface area contributed by atoms with Crippen molar-refractivity contribution in [2.45, 2.75) is 0 Å². The van der Waals surface area contributed by atoms with Gasteiger partial charge >= 0.3 is 0 Å². The molecule has 6 heteroatoms. The van der Waals surface area contributed by atoms with Crippen LogP contribution in [0.15, 0.2) is 46.9 Å². The van der Waals surface area contributed by atoms with Crippen LogP contribution in [-0.4, -0.2) is 43.7 Å². The van der Waals surface area contributed by atoms with Crippen molar-refractivity contribution < 1.29 is 18.7 Å². The van der Waals surface area contributed by atoms with Crippen molar-refractivity contribution in [1.29, 1.82) is 0 Å². The maximum atomic E-state index is 12.8. The third-order valence-electron chi connectivity index (χ3n) is 4.32. The molecule has 134 valence electrons. The Bertz CT molecular complexity index is 1010. The number of fused-ring (bicyclic) bond motifs is 4. The van der Waals surface area contributed by atoms with Crippen LogP contribution in [0.25, 0.3) is 11.0 Å². The summed E-state index contributed by atoms with van der Waals surface area (Å²) in [6, 6.07) is 12.1. The van der Waals surface area contributed by atoms with Crippen LogP contribution in [0.3, 0.4) is 0 Å². The average Bonchev–Trinajstić information content (AvgIpc) is 2.98. The van der Waals surface area contributed by atoms with E-state index in [2.05, 4.69) is 0 Å². The van der Waals surface area contributed by atoms with Crippen molar-refractivity contribution in [3.63, 3.8) is 0 Å². The Morgan fingerprint density at radius 2 is 1.69 bits per heavy atom. The number of likely N-dealkylation sites (N-methyl/N-ethyl adjacent to an activating group) is 1. The fourth-order valence-electron chi connectivity index (χ4n) is 3.03. The van der Waals surface area contributed by atoms with Gasteiger partial charge < -0.3 is 14.1 Å². The number of hydrogen-bond acceptors (Lipinski definition) is 5. The predicted molar refractivity (Wildman–Crippen MR) is 101 cm³/mol. The lowest BCUT2D eigenvalue weighted by Gasteiger charge is -2.12. The second-order valence-electron chi connectivity index (χ2n) is 6.32. The summed E-state index contributed by atoms with van der Waals surface area (Å²) >= 11 is 0. The number of carbonyl (C=O) groups is 2. The molecular formula is C20H18ClNO4. The molecule has 3 aromatic rings. The Labute approximate surface area is 156 Å². The highest BCUT2D eigenvalue weighted by molar-refractivity contribution is 6.31. The molecular weight excluding hydrogens is 354 g/mol. The molecule has 4 rings (SSSR count). The molecule has 2 aromatic carbocycles. The van der Waals surface area contributed by atoms with Crippen molar-refractivity contribution >= 4 is 34.9 Å². The molecule has 1 aromatic heterocycles. The Kier molecular flexibility index (Phi) is 4.85. The molecule has 26 heavy (non-hydrogen) atoms. The largest absolute Gasteiger partial charge is 0.492 e. The number of nitrogens with zero attached hydrogens (tertiary/aromatic N) is 1. The number of benzene rings is 2. The van der Waals surface area contributed by atoms with Crippen molar-refractivity contribution in [2.24, 2.45) is 0 Å². The van der Waals surface area contributed by atoms with Crippen molar-refractivity contribution in [3.05, 3.63) is 64.9 Å². The van der Waals surface area contributed by atoms with Crippen LogP contribution in [0, 0.1) is 0 Å². The zero-order chi connectivity index (χ0) is 17.6. The molecule has 0 saturated carbocycles. The molecule has 0 atom stereocenters. The van der Waals surface area contributed by atoms with E-state index in [9.17, 15) is 9.59 Å². The molecule has 0 spiro atoms. The maximum Gasteiger partial charge on any atom is 0.229 e. The van der Waals surface area contributed by atoms with Gasteiger partial charge in [0, 0.05) is 29.1 Å². The third-order valence-corrected chi connectivity index (χ3v) is 4.32. The standard InChI is InChI=1S/C20H17NO4.ClH/c1-21(2)9-10-24-12-7-8-15-16(11-12)25-20-17(15)18(22)13-5-3-4-6-14(13)19(20)23;/h3-8,11H,9-10H2,1-2H3;1H. The molecule has 0 aliphatic heterocycles. The lowest BCUT2D eigenvalue weighted by atomic mass is 9.87. The van der Waals surface area contributed by atoms with Gasteiger partial charge in [-0.3, -0.25) is 9.59 Å². The Balaban J connectivity index is 0.00000196. The van der Waals surface area contributed by atoms with Crippen LogP contribution in [-0.2, 0) is 0 Å². The molecule has 1 aliphatic carbocycles. The van der Waals surface area contributed by atoms with Crippen LogP contribution >= 0.6 is 12.4 Å². The van der Waals surface area contributed by atoms with E-state index < -0.39 is 0 Å². The summed E-state index contributed by atoms with van der Waals surface area (Å²) in [5.41, 5.74) is 1.65. The van der Waals surface area contributed by atoms with Crippen molar-refractivity contribution in [1.82, 2.24) is 4.90 Å². The number of furan rings is 1. The first-order valence-electron chi connectivity index (χ1n) is 8.09. The van der Waals surface area contributed by atoms with E-state index in [1.165, 1.54) is 0 Å². The van der Waals surface area contributed by atoms with E-state index in [4.69, 9.17) is 9.15 Å². The van der Waals surface area contributed by atoms with E-state index in [-0.39, 0.29) is 29.7 Å². The van der Waals surface area contributed by atoms with Gasteiger partial charge in [0.1, 0.15) is 17.9 Å². The second kappa shape index (κ2) is 6.94. The van der Waals surface area contributed by atoms with Gasteiger partial charge in [0.05, 0.1) is 5.56 Å². The van der Waals surface area contributed by atoms with Gasteiger partial charge in [-0.15, -0.1) is 12.4 Å². The lowest BCUT2D eigenvalue weighted by molar-refractivity contribution is 0.0962. The summed E-state index contributed by atoms with van der Waals surface area (Å²) in [4.78, 5) is 27.5. The molecule has 0 N–H and O–H groups in total. The minimum absolute atomic E-state index is 0.